The van der Waals surface area contributed by atoms with Crippen molar-refractivity contribution in [3.63, 3.8) is 0 Å². The second-order valence-corrected chi connectivity index (χ2v) is 8.72. The Kier molecular flexibility index (Phi) is 7.95. The third-order valence-corrected chi connectivity index (χ3v) is 4.75. The highest BCUT2D eigenvalue weighted by Gasteiger charge is 2.29. The molecular formula is C17H26F2N2O3S. The van der Waals surface area contributed by atoms with Gasteiger partial charge in [0, 0.05) is 13.1 Å². The molecule has 142 valence electrons. The summed E-state index contributed by atoms with van der Waals surface area (Å²) in [5.74, 6) is -3.25. The molecule has 0 aliphatic heterocycles. The maximum absolute atomic E-state index is 12.8. The van der Waals surface area contributed by atoms with E-state index in [0.29, 0.717) is 24.9 Å². The summed E-state index contributed by atoms with van der Waals surface area (Å²) >= 11 is 0. The van der Waals surface area contributed by atoms with Gasteiger partial charge < -0.3 is 5.32 Å². The molecule has 0 saturated carbocycles. The largest absolute Gasteiger partial charge is 0.341 e. The maximum atomic E-state index is 12.8. The van der Waals surface area contributed by atoms with Gasteiger partial charge in [0.1, 0.15) is 0 Å². The van der Waals surface area contributed by atoms with Crippen LogP contribution in [0, 0.1) is 11.8 Å². The van der Waals surface area contributed by atoms with Gasteiger partial charge in [-0.1, -0.05) is 39.8 Å². The van der Waals surface area contributed by atoms with Crippen molar-refractivity contribution < 1.29 is 22.0 Å². The fraction of sp³-hybridized carbons (Fsp3) is 0.588. The number of sulfone groups is 1. The molecule has 0 saturated heterocycles. The molecule has 0 aromatic heterocycles. The second kappa shape index (κ2) is 9.24. The number of carbonyl (C=O) groups excluding carboxylic acids is 1. The van der Waals surface area contributed by atoms with E-state index in [1.807, 2.05) is 32.6 Å². The molecule has 1 aromatic rings. The van der Waals surface area contributed by atoms with Crippen LogP contribution < -0.4 is 5.32 Å². The number of nitrogens with one attached hydrogen (secondary N) is 1. The first kappa shape index (κ1) is 21.5. The van der Waals surface area contributed by atoms with Gasteiger partial charge in [-0.3, -0.25) is 9.69 Å². The van der Waals surface area contributed by atoms with Gasteiger partial charge in [-0.2, -0.15) is 8.78 Å². The van der Waals surface area contributed by atoms with E-state index < -0.39 is 26.4 Å². The Morgan fingerprint density at radius 2 is 1.60 bits per heavy atom. The number of anilines is 1. The minimum atomic E-state index is -4.78. The molecule has 0 aliphatic carbocycles. The quantitative estimate of drug-likeness (QED) is 0.719. The summed E-state index contributed by atoms with van der Waals surface area (Å²) in [5, 5.41) is 2.46. The van der Waals surface area contributed by atoms with Crippen LogP contribution in [0.15, 0.2) is 29.2 Å². The fourth-order valence-electron chi connectivity index (χ4n) is 2.54. The van der Waals surface area contributed by atoms with Crippen LogP contribution in [0.25, 0.3) is 0 Å². The van der Waals surface area contributed by atoms with Crippen molar-refractivity contribution in [3.8, 4) is 0 Å². The number of carbonyl (C=O) groups is 1. The number of hydrogen-bond donors (Lipinski definition) is 1. The fourth-order valence-corrected chi connectivity index (χ4v) is 3.43. The molecule has 0 bridgehead atoms. The summed E-state index contributed by atoms with van der Waals surface area (Å²) in [6.45, 7) is 9.64. The van der Waals surface area contributed by atoms with E-state index in [1.54, 1.807) is 0 Å². The summed E-state index contributed by atoms with van der Waals surface area (Å²) in [5.41, 5.74) is -0.123. The Balaban J connectivity index is 2.93. The number of rotatable bonds is 9. The monoisotopic (exact) mass is 376 g/mol. The van der Waals surface area contributed by atoms with Gasteiger partial charge in [-0.05, 0) is 24.0 Å². The predicted octanol–water partition coefficient (Wildman–Crippen LogP) is 3.24. The normalized spacial score (nSPS) is 12.4. The smallest absolute Gasteiger partial charge is 0.324 e. The summed E-state index contributed by atoms with van der Waals surface area (Å²) in [7, 11) is -4.78. The van der Waals surface area contributed by atoms with Crippen LogP contribution in [0.1, 0.15) is 27.7 Å². The maximum Gasteiger partial charge on any atom is 0.341 e. The number of nitrogens with zero attached hydrogens (tertiary/aromatic N) is 1. The van der Waals surface area contributed by atoms with Gasteiger partial charge in [-0.25, -0.2) is 8.42 Å². The number of para-hydroxylation sites is 1. The Morgan fingerprint density at radius 3 is 2.08 bits per heavy atom. The van der Waals surface area contributed by atoms with Crippen LogP contribution in [0.4, 0.5) is 14.5 Å². The molecule has 0 fully saturated rings. The molecular weight excluding hydrogens is 350 g/mol. The molecule has 25 heavy (non-hydrogen) atoms. The number of amides is 1. The molecule has 0 heterocycles. The average molecular weight is 376 g/mol. The zero-order chi connectivity index (χ0) is 19.2. The van der Waals surface area contributed by atoms with Gasteiger partial charge in [-0.15, -0.1) is 0 Å². The van der Waals surface area contributed by atoms with E-state index in [2.05, 4.69) is 5.32 Å². The minimum absolute atomic E-state index is 0.0689. The summed E-state index contributed by atoms with van der Waals surface area (Å²) in [6.07, 6.45) is 0. The zero-order valence-corrected chi connectivity index (χ0v) is 15.8. The second-order valence-electron chi connectivity index (χ2n) is 6.83. The Hall–Kier alpha value is -1.54. The molecule has 1 rings (SSSR count). The first-order valence-electron chi connectivity index (χ1n) is 8.17. The van der Waals surface area contributed by atoms with Gasteiger partial charge >= 0.3 is 5.76 Å². The lowest BCUT2D eigenvalue weighted by Gasteiger charge is -2.25. The Bertz CT molecular complexity index is 666. The van der Waals surface area contributed by atoms with Crippen molar-refractivity contribution in [3.05, 3.63) is 24.3 Å². The lowest BCUT2D eigenvalue weighted by molar-refractivity contribution is -0.117. The van der Waals surface area contributed by atoms with Crippen LogP contribution in [0.3, 0.4) is 0 Å². The van der Waals surface area contributed by atoms with E-state index in [0.717, 1.165) is 6.07 Å². The molecule has 5 nitrogen and oxygen atoms in total. The number of alkyl halides is 2. The highest BCUT2D eigenvalue weighted by atomic mass is 32.2. The van der Waals surface area contributed by atoms with Gasteiger partial charge in [0.15, 0.2) is 0 Å². The third kappa shape index (κ3) is 6.70. The van der Waals surface area contributed by atoms with Gasteiger partial charge in [0.2, 0.25) is 15.7 Å². The van der Waals surface area contributed by atoms with Crippen molar-refractivity contribution >= 4 is 21.4 Å². The SMILES string of the molecule is CC(C)CN(CC(=O)Nc1ccccc1S(=O)(=O)C(F)F)CC(C)C. The van der Waals surface area contributed by atoms with Crippen molar-refractivity contribution in [2.75, 3.05) is 25.0 Å². The first-order valence-corrected chi connectivity index (χ1v) is 9.72. The summed E-state index contributed by atoms with van der Waals surface area (Å²) < 4.78 is 49.1. The van der Waals surface area contributed by atoms with E-state index in [1.165, 1.54) is 18.2 Å². The van der Waals surface area contributed by atoms with Crippen LogP contribution in [0.5, 0.6) is 0 Å². The van der Waals surface area contributed by atoms with Crippen molar-refractivity contribution in [1.29, 1.82) is 0 Å². The standard InChI is InChI=1S/C17H26F2N2O3S/c1-12(2)9-21(10-13(3)4)11-16(22)20-14-7-5-6-8-15(14)25(23,24)17(18)19/h5-8,12-13,17H,9-11H2,1-4H3,(H,20,22). The van der Waals surface area contributed by atoms with Crippen LogP contribution in [0.2, 0.25) is 0 Å². The number of benzene rings is 1. The molecule has 0 radical (unpaired) electrons. The van der Waals surface area contributed by atoms with Crippen LogP contribution in [-0.4, -0.2) is 44.6 Å². The average Bonchev–Trinajstić information content (AvgIpc) is 2.45. The zero-order valence-electron chi connectivity index (χ0n) is 15.0. The number of hydrogen-bond acceptors (Lipinski definition) is 4. The summed E-state index contributed by atoms with van der Waals surface area (Å²) in [6, 6.07) is 5.20. The van der Waals surface area contributed by atoms with Gasteiger partial charge in [0.05, 0.1) is 17.1 Å². The van der Waals surface area contributed by atoms with Crippen LogP contribution in [-0.2, 0) is 14.6 Å². The molecule has 1 N–H and O–H groups in total. The van der Waals surface area contributed by atoms with Crippen molar-refractivity contribution in [2.45, 2.75) is 38.3 Å². The molecule has 0 spiro atoms. The van der Waals surface area contributed by atoms with Crippen molar-refractivity contribution in [2.24, 2.45) is 11.8 Å². The highest BCUT2D eigenvalue weighted by molar-refractivity contribution is 7.91. The predicted molar refractivity (Wildman–Crippen MR) is 94.4 cm³/mol. The van der Waals surface area contributed by atoms with Crippen molar-refractivity contribution in [1.82, 2.24) is 4.90 Å². The van der Waals surface area contributed by atoms with Gasteiger partial charge in [0.25, 0.3) is 0 Å². The van der Waals surface area contributed by atoms with E-state index >= 15 is 0 Å². The molecule has 0 unspecified atom stereocenters. The van der Waals surface area contributed by atoms with E-state index in [9.17, 15) is 22.0 Å². The minimum Gasteiger partial charge on any atom is -0.324 e. The molecule has 0 atom stereocenters. The summed E-state index contributed by atoms with van der Waals surface area (Å²) in [4.78, 5) is 13.7. The van der Waals surface area contributed by atoms with E-state index in [-0.39, 0.29) is 12.2 Å². The van der Waals surface area contributed by atoms with Crippen LogP contribution >= 0.6 is 0 Å². The lowest BCUT2D eigenvalue weighted by Crippen LogP contribution is -2.38. The molecule has 8 heteroatoms. The topological polar surface area (TPSA) is 66.5 Å². The highest BCUT2D eigenvalue weighted by Crippen LogP contribution is 2.26. The van der Waals surface area contributed by atoms with E-state index in [4.69, 9.17) is 0 Å². The lowest BCUT2D eigenvalue weighted by atomic mass is 10.1. The Morgan fingerprint density at radius 1 is 1.08 bits per heavy atom. The third-order valence-electron chi connectivity index (χ3n) is 3.32. The molecule has 0 aliphatic rings. The molecule has 1 amide bonds. The first-order chi connectivity index (χ1) is 11.5. The molecule has 1 aromatic carbocycles. The Labute approximate surface area is 148 Å². The number of halogens is 2.